The molecule has 0 saturated carbocycles. The minimum absolute atomic E-state index is 0.290. The van der Waals surface area contributed by atoms with Gasteiger partial charge in [-0.1, -0.05) is 35.5 Å². The van der Waals surface area contributed by atoms with E-state index in [9.17, 15) is 19.8 Å². The maximum absolute atomic E-state index is 12.0. The van der Waals surface area contributed by atoms with Crippen molar-refractivity contribution in [3.05, 3.63) is 42.2 Å². The average Bonchev–Trinajstić information content (AvgIpc) is 3.26. The predicted molar refractivity (Wildman–Crippen MR) is 98.6 cm³/mol. The second-order valence-corrected chi connectivity index (χ2v) is 8.71. The minimum Gasteiger partial charge on any atom is -0.480 e. The van der Waals surface area contributed by atoms with Crippen molar-refractivity contribution in [1.29, 1.82) is 0 Å². The molecule has 2 N–H and O–H groups in total. The third kappa shape index (κ3) is 2.69. The minimum atomic E-state index is -1.09. The number of thioether (sulfide) groups is 1. The Morgan fingerprint density at radius 2 is 1.89 bits per heavy atom. The quantitative estimate of drug-likeness (QED) is 0.820. The Labute approximate surface area is 158 Å². The molecule has 4 rings (SSSR count). The Morgan fingerprint density at radius 3 is 2.52 bits per heavy atom. The Kier molecular flexibility index (Phi) is 3.99. The van der Waals surface area contributed by atoms with Crippen LogP contribution < -0.4 is 0 Å². The highest BCUT2D eigenvalue weighted by atomic mass is 32.2. The van der Waals surface area contributed by atoms with E-state index in [1.165, 1.54) is 18.0 Å². The van der Waals surface area contributed by atoms with Crippen LogP contribution in [0.25, 0.3) is 11.3 Å². The van der Waals surface area contributed by atoms with Crippen molar-refractivity contribution < 1.29 is 24.3 Å². The van der Waals surface area contributed by atoms with E-state index in [1.54, 1.807) is 18.7 Å². The monoisotopic (exact) mass is 387 g/mol. The zero-order valence-electron chi connectivity index (χ0n) is 14.6. The van der Waals surface area contributed by atoms with Gasteiger partial charge < -0.3 is 19.6 Å². The van der Waals surface area contributed by atoms with Gasteiger partial charge >= 0.3 is 11.9 Å². The highest BCUT2D eigenvalue weighted by Gasteiger charge is 2.59. The third-order valence-corrected chi connectivity index (χ3v) is 6.31. The first-order valence-electron chi connectivity index (χ1n) is 8.31. The third-order valence-electron chi connectivity index (χ3n) is 4.76. The SMILES string of the molecule is CC1(C)SC2[C@@H](C(=O)O)N=C(c3conc3-c3ccccc3)N2[C@H]1C(=O)O. The summed E-state index contributed by atoms with van der Waals surface area (Å²) in [5.41, 5.74) is 1.76. The summed E-state index contributed by atoms with van der Waals surface area (Å²) in [6, 6.07) is 7.28. The van der Waals surface area contributed by atoms with Crippen LogP contribution >= 0.6 is 11.8 Å². The molecule has 0 spiro atoms. The van der Waals surface area contributed by atoms with Crippen molar-refractivity contribution >= 4 is 29.5 Å². The summed E-state index contributed by atoms with van der Waals surface area (Å²) in [6.07, 6.45) is 1.39. The number of benzene rings is 1. The van der Waals surface area contributed by atoms with Crippen molar-refractivity contribution in [2.75, 3.05) is 0 Å². The van der Waals surface area contributed by atoms with Crippen molar-refractivity contribution in [1.82, 2.24) is 10.1 Å². The van der Waals surface area contributed by atoms with E-state index in [2.05, 4.69) is 10.1 Å². The molecule has 1 aromatic carbocycles. The maximum Gasteiger partial charge on any atom is 0.331 e. The molecule has 8 nitrogen and oxygen atoms in total. The highest BCUT2D eigenvalue weighted by molar-refractivity contribution is 8.01. The number of aliphatic imine (C=N–C) groups is 1. The summed E-state index contributed by atoms with van der Waals surface area (Å²) < 4.78 is 4.46. The second-order valence-electron chi connectivity index (χ2n) is 6.94. The number of amidine groups is 1. The molecule has 27 heavy (non-hydrogen) atoms. The lowest BCUT2D eigenvalue weighted by Gasteiger charge is -2.28. The van der Waals surface area contributed by atoms with E-state index < -0.39 is 34.1 Å². The van der Waals surface area contributed by atoms with Gasteiger partial charge in [-0.3, -0.25) is 0 Å². The number of carboxylic acid groups (broad SMARTS) is 2. The first-order chi connectivity index (χ1) is 12.8. The molecule has 3 atom stereocenters. The number of nitrogens with zero attached hydrogens (tertiary/aromatic N) is 3. The van der Waals surface area contributed by atoms with Crippen LogP contribution in [0.1, 0.15) is 19.4 Å². The standard InChI is InChI=1S/C18H17N3O5S/c1-18(2)13(17(24)25)21-14(19-12(16(22)23)15(21)27-18)10-8-26-20-11(10)9-6-4-3-5-7-9/h3-8,12-13,15H,1-2H3,(H,22,23)(H,24,25)/t12-,13-,15?/m0/s1. The summed E-state index contributed by atoms with van der Waals surface area (Å²) in [5.74, 6) is -1.82. The molecule has 1 saturated heterocycles. The molecule has 140 valence electrons. The molecule has 2 aromatic rings. The van der Waals surface area contributed by atoms with Crippen LogP contribution in [0.15, 0.2) is 46.1 Å². The Balaban J connectivity index is 1.85. The number of aliphatic carboxylic acids is 2. The lowest BCUT2D eigenvalue weighted by molar-refractivity contribution is -0.143. The number of carbonyl (C=O) groups is 2. The van der Waals surface area contributed by atoms with E-state index >= 15 is 0 Å². The molecule has 3 heterocycles. The zero-order chi connectivity index (χ0) is 19.3. The van der Waals surface area contributed by atoms with Crippen LogP contribution in [0.5, 0.6) is 0 Å². The number of hydrogen-bond donors (Lipinski definition) is 2. The van der Waals surface area contributed by atoms with Gasteiger partial charge in [-0.05, 0) is 13.8 Å². The predicted octanol–water partition coefficient (Wildman–Crippen LogP) is 2.16. The fourth-order valence-corrected chi connectivity index (χ4v) is 5.24. The first kappa shape index (κ1) is 17.6. The highest BCUT2D eigenvalue weighted by Crippen LogP contribution is 2.50. The van der Waals surface area contributed by atoms with Gasteiger partial charge in [-0.25, -0.2) is 14.6 Å². The van der Waals surface area contributed by atoms with Crippen LogP contribution in [-0.4, -0.2) is 60.2 Å². The van der Waals surface area contributed by atoms with Gasteiger partial charge in [0.05, 0.1) is 5.56 Å². The van der Waals surface area contributed by atoms with E-state index in [0.29, 0.717) is 11.3 Å². The molecule has 0 amide bonds. The van der Waals surface area contributed by atoms with Gasteiger partial charge in [0.15, 0.2) is 6.04 Å². The number of aromatic nitrogens is 1. The smallest absolute Gasteiger partial charge is 0.331 e. The number of fused-ring (bicyclic) bond motifs is 1. The van der Waals surface area contributed by atoms with E-state index in [-0.39, 0.29) is 5.84 Å². The topological polar surface area (TPSA) is 116 Å². The van der Waals surface area contributed by atoms with Crippen molar-refractivity contribution in [3.8, 4) is 11.3 Å². The average molecular weight is 387 g/mol. The van der Waals surface area contributed by atoms with Crippen LogP contribution in [0.3, 0.4) is 0 Å². The molecule has 2 aliphatic rings. The molecule has 1 aromatic heterocycles. The number of hydrogen-bond acceptors (Lipinski definition) is 7. The lowest BCUT2D eigenvalue weighted by Crippen LogP contribution is -2.50. The summed E-state index contributed by atoms with van der Waals surface area (Å²) in [5, 5.41) is 22.9. The Morgan fingerprint density at radius 1 is 1.19 bits per heavy atom. The van der Waals surface area contributed by atoms with Gasteiger partial charge in [0.2, 0.25) is 0 Å². The first-order valence-corrected chi connectivity index (χ1v) is 9.19. The van der Waals surface area contributed by atoms with Crippen LogP contribution in [0, 0.1) is 0 Å². The molecule has 1 unspecified atom stereocenters. The van der Waals surface area contributed by atoms with Crippen LogP contribution in [0.4, 0.5) is 0 Å². The van der Waals surface area contributed by atoms with Crippen LogP contribution in [-0.2, 0) is 9.59 Å². The molecule has 0 bridgehead atoms. The zero-order valence-corrected chi connectivity index (χ0v) is 15.4. The fraction of sp³-hybridized carbons (Fsp3) is 0.333. The largest absolute Gasteiger partial charge is 0.480 e. The number of rotatable bonds is 4. The Bertz CT molecular complexity index is 939. The molecule has 0 radical (unpaired) electrons. The molecule has 2 aliphatic heterocycles. The van der Waals surface area contributed by atoms with Crippen LogP contribution in [0.2, 0.25) is 0 Å². The van der Waals surface area contributed by atoms with Crippen molar-refractivity contribution in [2.45, 2.75) is 36.1 Å². The van der Waals surface area contributed by atoms with E-state index in [1.807, 2.05) is 30.3 Å². The maximum atomic E-state index is 12.0. The van der Waals surface area contributed by atoms with Crippen molar-refractivity contribution in [2.24, 2.45) is 4.99 Å². The van der Waals surface area contributed by atoms with Gasteiger partial charge in [-0.2, -0.15) is 0 Å². The van der Waals surface area contributed by atoms with E-state index in [4.69, 9.17) is 4.52 Å². The molecule has 0 aliphatic carbocycles. The fourth-order valence-electron chi connectivity index (χ4n) is 3.64. The van der Waals surface area contributed by atoms with Gasteiger partial charge in [0.1, 0.15) is 29.2 Å². The van der Waals surface area contributed by atoms with Gasteiger partial charge in [0.25, 0.3) is 0 Å². The summed E-state index contributed by atoms with van der Waals surface area (Å²) in [7, 11) is 0. The second kappa shape index (κ2) is 6.12. The molecular formula is C18H17N3O5S. The van der Waals surface area contributed by atoms with Gasteiger partial charge in [0, 0.05) is 10.3 Å². The summed E-state index contributed by atoms with van der Waals surface area (Å²) >= 11 is 1.31. The summed E-state index contributed by atoms with van der Waals surface area (Å²) in [4.78, 5) is 29.7. The molecular weight excluding hydrogens is 370 g/mol. The molecule has 1 fully saturated rings. The van der Waals surface area contributed by atoms with Gasteiger partial charge in [-0.15, -0.1) is 11.8 Å². The van der Waals surface area contributed by atoms with E-state index in [0.717, 1.165) is 5.56 Å². The lowest BCUT2D eigenvalue weighted by atomic mass is 10.00. The number of carboxylic acids is 2. The normalized spacial score (nSPS) is 25.9. The molecule has 9 heteroatoms. The Hall–Kier alpha value is -2.81. The summed E-state index contributed by atoms with van der Waals surface area (Å²) in [6.45, 7) is 3.61. The van der Waals surface area contributed by atoms with Crippen molar-refractivity contribution in [3.63, 3.8) is 0 Å².